The van der Waals surface area contributed by atoms with Gasteiger partial charge in [0.2, 0.25) is 11.8 Å². The molecule has 0 saturated carbocycles. The van der Waals surface area contributed by atoms with Crippen molar-refractivity contribution in [3.05, 3.63) is 35.9 Å². The lowest BCUT2D eigenvalue weighted by atomic mass is 9.99. The first-order valence-corrected chi connectivity index (χ1v) is 8.77. The third-order valence-electron chi connectivity index (χ3n) is 5.16. The summed E-state index contributed by atoms with van der Waals surface area (Å²) in [6.45, 7) is 4.28. The topological polar surface area (TPSA) is 40.6 Å². The van der Waals surface area contributed by atoms with Crippen molar-refractivity contribution >= 4 is 11.8 Å². The van der Waals surface area contributed by atoms with Gasteiger partial charge in [0.05, 0.1) is 5.92 Å². The molecule has 0 aliphatic carbocycles. The molecule has 2 fully saturated rings. The lowest BCUT2D eigenvalue weighted by Gasteiger charge is -2.35. The van der Waals surface area contributed by atoms with Crippen LogP contribution in [0, 0.1) is 5.92 Å². The van der Waals surface area contributed by atoms with E-state index in [4.69, 9.17) is 0 Å². The van der Waals surface area contributed by atoms with Crippen LogP contribution in [-0.2, 0) is 16.0 Å². The molecule has 1 aromatic rings. The number of hydrogen-bond donors (Lipinski definition) is 0. The highest BCUT2D eigenvalue weighted by atomic mass is 16.2. The fourth-order valence-corrected chi connectivity index (χ4v) is 3.72. The monoisotopic (exact) mass is 314 g/mol. The van der Waals surface area contributed by atoms with E-state index in [-0.39, 0.29) is 17.7 Å². The molecule has 4 heteroatoms. The van der Waals surface area contributed by atoms with Crippen molar-refractivity contribution in [1.82, 2.24) is 9.80 Å². The third-order valence-corrected chi connectivity index (χ3v) is 5.16. The molecule has 0 aromatic heterocycles. The van der Waals surface area contributed by atoms with E-state index in [2.05, 4.69) is 19.1 Å². The number of rotatable bonds is 4. The first-order valence-electron chi connectivity index (χ1n) is 8.77. The number of piperidine rings is 1. The Morgan fingerprint density at radius 3 is 2.74 bits per heavy atom. The number of carbonyl (C=O) groups is 2. The Bertz CT molecular complexity index is 558. The number of nitrogens with zero attached hydrogens (tertiary/aromatic N) is 2. The van der Waals surface area contributed by atoms with Gasteiger partial charge in [-0.05, 0) is 38.2 Å². The fourth-order valence-electron chi connectivity index (χ4n) is 3.72. The van der Waals surface area contributed by atoms with Crippen molar-refractivity contribution in [2.24, 2.45) is 5.92 Å². The number of hydrogen-bond acceptors (Lipinski definition) is 2. The van der Waals surface area contributed by atoms with Crippen LogP contribution in [0.5, 0.6) is 0 Å². The van der Waals surface area contributed by atoms with Gasteiger partial charge in [-0.3, -0.25) is 9.59 Å². The Labute approximate surface area is 138 Å². The zero-order chi connectivity index (χ0) is 16.2. The van der Waals surface area contributed by atoms with E-state index in [0.29, 0.717) is 25.6 Å². The molecule has 0 spiro atoms. The molecule has 0 radical (unpaired) electrons. The van der Waals surface area contributed by atoms with Crippen LogP contribution in [0.1, 0.15) is 38.2 Å². The molecule has 0 bridgehead atoms. The summed E-state index contributed by atoms with van der Waals surface area (Å²) in [6.07, 6.45) is 4.63. The van der Waals surface area contributed by atoms with E-state index in [9.17, 15) is 9.59 Å². The average Bonchev–Trinajstić information content (AvgIpc) is 2.95. The van der Waals surface area contributed by atoms with Crippen LogP contribution in [0.15, 0.2) is 30.3 Å². The van der Waals surface area contributed by atoms with Gasteiger partial charge in [-0.15, -0.1) is 0 Å². The summed E-state index contributed by atoms with van der Waals surface area (Å²) >= 11 is 0. The molecular weight excluding hydrogens is 288 g/mol. The second kappa shape index (κ2) is 7.16. The lowest BCUT2D eigenvalue weighted by Crippen LogP contribution is -2.45. The molecule has 1 aromatic carbocycles. The molecule has 2 saturated heterocycles. The SMILES string of the molecule is C[C@@H]1CCCCN1C(=O)[C@@H]1CC(=O)N(CCc2ccccc2)C1. The summed E-state index contributed by atoms with van der Waals surface area (Å²) in [4.78, 5) is 28.8. The van der Waals surface area contributed by atoms with E-state index >= 15 is 0 Å². The number of benzene rings is 1. The van der Waals surface area contributed by atoms with Gasteiger partial charge < -0.3 is 9.80 Å². The zero-order valence-corrected chi connectivity index (χ0v) is 13.9. The number of likely N-dealkylation sites (tertiary alicyclic amines) is 2. The van der Waals surface area contributed by atoms with E-state index in [1.54, 1.807) is 0 Å². The quantitative estimate of drug-likeness (QED) is 0.856. The maximum absolute atomic E-state index is 12.7. The fraction of sp³-hybridized carbons (Fsp3) is 0.579. The van der Waals surface area contributed by atoms with Crippen molar-refractivity contribution in [3.63, 3.8) is 0 Å². The van der Waals surface area contributed by atoms with Gasteiger partial charge in [-0.25, -0.2) is 0 Å². The molecule has 0 unspecified atom stereocenters. The van der Waals surface area contributed by atoms with Gasteiger partial charge in [0.15, 0.2) is 0 Å². The van der Waals surface area contributed by atoms with Gasteiger partial charge in [0.25, 0.3) is 0 Å². The minimum absolute atomic E-state index is 0.129. The molecule has 4 nitrogen and oxygen atoms in total. The van der Waals surface area contributed by atoms with Crippen LogP contribution in [0.25, 0.3) is 0 Å². The second-order valence-electron chi connectivity index (χ2n) is 6.85. The maximum Gasteiger partial charge on any atom is 0.228 e. The van der Waals surface area contributed by atoms with Crippen molar-refractivity contribution < 1.29 is 9.59 Å². The second-order valence-corrected chi connectivity index (χ2v) is 6.85. The van der Waals surface area contributed by atoms with Crippen LogP contribution >= 0.6 is 0 Å². The molecule has 2 aliphatic rings. The summed E-state index contributed by atoms with van der Waals surface area (Å²) < 4.78 is 0. The first-order chi connectivity index (χ1) is 11.1. The minimum atomic E-state index is -0.140. The highest BCUT2D eigenvalue weighted by Gasteiger charge is 2.37. The Hall–Kier alpha value is -1.84. The van der Waals surface area contributed by atoms with Gasteiger partial charge in [-0.2, -0.15) is 0 Å². The maximum atomic E-state index is 12.7. The van der Waals surface area contributed by atoms with Crippen LogP contribution in [-0.4, -0.2) is 47.3 Å². The highest BCUT2D eigenvalue weighted by Crippen LogP contribution is 2.25. The number of carbonyl (C=O) groups excluding carboxylic acids is 2. The Morgan fingerprint density at radius 1 is 1.22 bits per heavy atom. The lowest BCUT2D eigenvalue weighted by molar-refractivity contribution is -0.139. The standard InChI is InChI=1S/C19H26N2O2/c1-15-7-5-6-11-21(15)19(23)17-13-18(22)20(14-17)12-10-16-8-3-2-4-9-16/h2-4,8-9,15,17H,5-7,10-14H2,1H3/t15-,17-/m1/s1. The average molecular weight is 314 g/mol. The molecule has 2 heterocycles. The van der Waals surface area contributed by atoms with E-state index in [0.717, 1.165) is 25.8 Å². The van der Waals surface area contributed by atoms with Crippen molar-refractivity contribution in [2.45, 2.75) is 45.1 Å². The Balaban J connectivity index is 1.55. The highest BCUT2D eigenvalue weighted by molar-refractivity contribution is 5.89. The van der Waals surface area contributed by atoms with Crippen molar-refractivity contribution in [3.8, 4) is 0 Å². The van der Waals surface area contributed by atoms with Crippen LogP contribution in [0.4, 0.5) is 0 Å². The smallest absolute Gasteiger partial charge is 0.228 e. The van der Waals surface area contributed by atoms with Crippen molar-refractivity contribution in [1.29, 1.82) is 0 Å². The normalized spacial score (nSPS) is 25.0. The van der Waals surface area contributed by atoms with Gasteiger partial charge in [0.1, 0.15) is 0 Å². The van der Waals surface area contributed by atoms with Crippen LogP contribution in [0.2, 0.25) is 0 Å². The number of amides is 2. The molecule has 2 amide bonds. The molecule has 124 valence electrons. The van der Waals surface area contributed by atoms with E-state index in [1.165, 1.54) is 12.0 Å². The summed E-state index contributed by atoms with van der Waals surface area (Å²) in [5, 5.41) is 0. The molecule has 2 aliphatic heterocycles. The molecule has 3 rings (SSSR count). The van der Waals surface area contributed by atoms with E-state index < -0.39 is 0 Å². The zero-order valence-electron chi connectivity index (χ0n) is 13.9. The molecule has 0 N–H and O–H groups in total. The van der Waals surface area contributed by atoms with Crippen molar-refractivity contribution in [2.75, 3.05) is 19.6 Å². The Morgan fingerprint density at radius 2 is 2.00 bits per heavy atom. The molecular formula is C19H26N2O2. The van der Waals surface area contributed by atoms with Gasteiger partial charge in [0, 0.05) is 32.1 Å². The third kappa shape index (κ3) is 3.74. The van der Waals surface area contributed by atoms with Crippen LogP contribution in [0.3, 0.4) is 0 Å². The summed E-state index contributed by atoms with van der Waals surface area (Å²) in [7, 11) is 0. The molecule has 23 heavy (non-hydrogen) atoms. The predicted octanol–water partition coefficient (Wildman–Crippen LogP) is 2.48. The largest absolute Gasteiger partial charge is 0.342 e. The Kier molecular flexibility index (Phi) is 4.99. The minimum Gasteiger partial charge on any atom is -0.342 e. The van der Waals surface area contributed by atoms with Crippen LogP contribution < -0.4 is 0 Å². The van der Waals surface area contributed by atoms with Gasteiger partial charge in [-0.1, -0.05) is 30.3 Å². The summed E-state index contributed by atoms with van der Waals surface area (Å²) in [5.74, 6) is 0.176. The first kappa shape index (κ1) is 16.0. The molecule has 2 atom stereocenters. The summed E-state index contributed by atoms with van der Waals surface area (Å²) in [5.41, 5.74) is 1.24. The predicted molar refractivity (Wildman–Crippen MR) is 89.9 cm³/mol. The van der Waals surface area contributed by atoms with Gasteiger partial charge >= 0.3 is 0 Å². The summed E-state index contributed by atoms with van der Waals surface area (Å²) in [6, 6.07) is 10.5. The van der Waals surface area contributed by atoms with E-state index in [1.807, 2.05) is 28.0 Å².